The minimum atomic E-state index is -0.711. The summed E-state index contributed by atoms with van der Waals surface area (Å²) in [5.41, 5.74) is 14.9. The van der Waals surface area contributed by atoms with Crippen LogP contribution in [-0.2, 0) is 0 Å². The van der Waals surface area contributed by atoms with Gasteiger partial charge in [0.15, 0.2) is 0 Å². The number of benzene rings is 4. The second kappa shape index (κ2) is 8.46. The van der Waals surface area contributed by atoms with E-state index in [1.165, 1.54) is 49.3 Å². The predicted molar refractivity (Wildman–Crippen MR) is 134 cm³/mol. The lowest BCUT2D eigenvalue weighted by molar-refractivity contribution is 1.35. The van der Waals surface area contributed by atoms with Gasteiger partial charge in [0.1, 0.15) is 0 Å². The van der Waals surface area contributed by atoms with E-state index < -0.39 is 7.92 Å². The van der Waals surface area contributed by atoms with Crippen LogP contribution in [0.5, 0.6) is 0 Å². The Morgan fingerprint density at radius 3 is 1.53 bits per heavy atom. The molecule has 30 heavy (non-hydrogen) atoms. The Morgan fingerprint density at radius 1 is 0.567 bits per heavy atom. The van der Waals surface area contributed by atoms with E-state index in [-0.39, 0.29) is 0 Å². The second-order valence-corrected chi connectivity index (χ2v) is 10.2. The molecular formula is C28H28NP. The molecule has 0 atom stereocenters. The van der Waals surface area contributed by atoms with Gasteiger partial charge in [0.2, 0.25) is 0 Å². The quantitative estimate of drug-likeness (QED) is 0.328. The summed E-state index contributed by atoms with van der Waals surface area (Å²) in [6.45, 7) is 8.69. The molecule has 0 bridgehead atoms. The van der Waals surface area contributed by atoms with E-state index in [9.17, 15) is 0 Å². The average molecular weight is 410 g/mol. The molecule has 150 valence electrons. The van der Waals surface area contributed by atoms with Crippen molar-refractivity contribution in [1.29, 1.82) is 0 Å². The largest absolute Gasteiger partial charge is 0.398 e. The number of rotatable bonds is 4. The predicted octanol–water partition coefficient (Wildman–Crippen LogP) is 5.93. The maximum absolute atomic E-state index is 6.61. The van der Waals surface area contributed by atoms with Crippen LogP contribution < -0.4 is 21.6 Å². The van der Waals surface area contributed by atoms with Gasteiger partial charge in [0.25, 0.3) is 0 Å². The normalized spacial score (nSPS) is 11.1. The van der Waals surface area contributed by atoms with Gasteiger partial charge in [-0.3, -0.25) is 0 Å². The Kier molecular flexibility index (Phi) is 5.75. The number of nitrogen functional groups attached to an aromatic ring is 1. The van der Waals surface area contributed by atoms with Crippen molar-refractivity contribution in [3.63, 3.8) is 0 Å². The van der Waals surface area contributed by atoms with Crippen LogP contribution in [0.3, 0.4) is 0 Å². The first-order chi connectivity index (χ1) is 14.5. The fourth-order valence-electron chi connectivity index (χ4n) is 4.37. The molecule has 0 aliphatic carbocycles. The third kappa shape index (κ3) is 3.91. The van der Waals surface area contributed by atoms with Crippen molar-refractivity contribution in [3.8, 4) is 11.1 Å². The molecule has 4 aromatic rings. The number of hydrogen-bond donors (Lipinski definition) is 1. The van der Waals surface area contributed by atoms with Crippen molar-refractivity contribution in [1.82, 2.24) is 0 Å². The minimum absolute atomic E-state index is 0.711. The molecule has 0 fully saturated rings. The number of hydrogen-bond acceptors (Lipinski definition) is 1. The molecule has 2 heteroatoms. The van der Waals surface area contributed by atoms with Gasteiger partial charge >= 0.3 is 0 Å². The minimum Gasteiger partial charge on any atom is -0.398 e. The van der Waals surface area contributed by atoms with Crippen LogP contribution in [0.15, 0.2) is 84.9 Å². The molecule has 0 spiro atoms. The first-order valence-corrected chi connectivity index (χ1v) is 11.7. The van der Waals surface area contributed by atoms with E-state index in [1.54, 1.807) is 0 Å². The van der Waals surface area contributed by atoms with Crippen LogP contribution in [0, 0.1) is 27.7 Å². The van der Waals surface area contributed by atoms with Crippen molar-refractivity contribution < 1.29 is 0 Å². The van der Waals surface area contributed by atoms with Gasteiger partial charge in [0, 0.05) is 11.3 Å². The molecule has 1 nitrogen and oxygen atoms in total. The number of nitrogens with two attached hydrogens (primary N) is 1. The van der Waals surface area contributed by atoms with Crippen molar-refractivity contribution in [2.24, 2.45) is 0 Å². The molecule has 0 amide bonds. The zero-order valence-electron chi connectivity index (χ0n) is 18.1. The van der Waals surface area contributed by atoms with Crippen molar-refractivity contribution >= 4 is 29.5 Å². The maximum Gasteiger partial charge on any atom is 0.0399 e. The van der Waals surface area contributed by atoms with Gasteiger partial charge in [0.05, 0.1) is 0 Å². The molecule has 0 aromatic heterocycles. The fraction of sp³-hybridized carbons (Fsp3) is 0.143. The monoisotopic (exact) mass is 409 g/mol. The van der Waals surface area contributed by atoms with E-state index >= 15 is 0 Å². The highest BCUT2D eigenvalue weighted by Gasteiger charge is 2.23. The molecule has 0 aliphatic rings. The summed E-state index contributed by atoms with van der Waals surface area (Å²) < 4.78 is 0. The van der Waals surface area contributed by atoms with E-state index in [2.05, 4.69) is 113 Å². The molecular weight excluding hydrogens is 381 g/mol. The molecule has 0 radical (unpaired) electrons. The third-order valence-corrected chi connectivity index (χ3v) is 7.95. The number of anilines is 1. The first kappa shape index (κ1) is 20.4. The molecule has 4 rings (SSSR count). The molecule has 0 saturated heterocycles. The van der Waals surface area contributed by atoms with Gasteiger partial charge < -0.3 is 5.73 Å². The summed E-state index contributed by atoms with van der Waals surface area (Å²) in [6, 6.07) is 30.7. The van der Waals surface area contributed by atoms with Crippen LogP contribution in [-0.4, -0.2) is 0 Å². The zero-order chi connectivity index (χ0) is 21.3. The Morgan fingerprint density at radius 2 is 1.03 bits per heavy atom. The summed E-state index contributed by atoms with van der Waals surface area (Å²) in [5, 5.41) is 4.08. The van der Waals surface area contributed by atoms with Crippen LogP contribution in [0.4, 0.5) is 5.69 Å². The van der Waals surface area contributed by atoms with Gasteiger partial charge in [-0.25, -0.2) is 0 Å². The highest BCUT2D eigenvalue weighted by atomic mass is 31.1. The van der Waals surface area contributed by atoms with Crippen LogP contribution in [0.1, 0.15) is 22.3 Å². The summed E-state index contributed by atoms with van der Waals surface area (Å²) in [5.74, 6) is 0. The SMILES string of the molecule is Cc1cc(C)c(-c2c(C)cc(C)cc2P(c2ccccc2)c2ccccc2)c(N)c1. The molecule has 0 heterocycles. The molecule has 0 saturated carbocycles. The third-order valence-electron chi connectivity index (χ3n) is 5.49. The maximum atomic E-state index is 6.61. The standard InChI is InChI=1S/C28H28NP/c1-19-15-21(3)27(25(29)17-19)28-22(4)16-20(2)18-26(28)30(23-11-7-5-8-12-23)24-13-9-6-10-14-24/h5-18H,29H2,1-4H3. The van der Waals surface area contributed by atoms with Crippen LogP contribution >= 0.6 is 7.92 Å². The van der Waals surface area contributed by atoms with Gasteiger partial charge in [-0.1, -0.05) is 84.4 Å². The van der Waals surface area contributed by atoms with Gasteiger partial charge in [-0.05, 0) is 79.9 Å². The summed E-state index contributed by atoms with van der Waals surface area (Å²) >= 11 is 0. The highest BCUT2D eigenvalue weighted by Crippen LogP contribution is 2.41. The van der Waals surface area contributed by atoms with E-state index in [1.807, 2.05) is 0 Å². The fourth-order valence-corrected chi connectivity index (χ4v) is 7.01. The lowest BCUT2D eigenvalue weighted by atomic mass is 9.92. The molecule has 0 unspecified atom stereocenters. The Hall–Kier alpha value is -2.89. The Labute approximate surface area is 181 Å². The molecule has 0 aliphatic heterocycles. The smallest absolute Gasteiger partial charge is 0.0399 e. The molecule has 2 N–H and O–H groups in total. The Balaban J connectivity index is 2.07. The van der Waals surface area contributed by atoms with Crippen molar-refractivity contribution in [2.45, 2.75) is 27.7 Å². The topological polar surface area (TPSA) is 26.0 Å². The van der Waals surface area contributed by atoms with Crippen LogP contribution in [0.2, 0.25) is 0 Å². The lowest BCUT2D eigenvalue weighted by Gasteiger charge is -2.26. The van der Waals surface area contributed by atoms with Crippen molar-refractivity contribution in [3.05, 3.63) is 107 Å². The summed E-state index contributed by atoms with van der Waals surface area (Å²) in [7, 11) is -0.711. The molecule has 4 aromatic carbocycles. The summed E-state index contributed by atoms with van der Waals surface area (Å²) in [4.78, 5) is 0. The first-order valence-electron chi connectivity index (χ1n) is 10.3. The highest BCUT2D eigenvalue weighted by molar-refractivity contribution is 7.80. The lowest BCUT2D eigenvalue weighted by Crippen LogP contribution is -2.23. The van der Waals surface area contributed by atoms with Crippen molar-refractivity contribution in [2.75, 3.05) is 5.73 Å². The zero-order valence-corrected chi connectivity index (χ0v) is 19.0. The average Bonchev–Trinajstić information content (AvgIpc) is 2.71. The second-order valence-electron chi connectivity index (χ2n) is 8.03. The van der Waals surface area contributed by atoms with E-state index in [0.29, 0.717) is 0 Å². The van der Waals surface area contributed by atoms with E-state index in [0.717, 1.165) is 5.69 Å². The van der Waals surface area contributed by atoms with Crippen LogP contribution in [0.25, 0.3) is 11.1 Å². The number of aryl methyl sites for hydroxylation is 4. The van der Waals surface area contributed by atoms with Gasteiger partial charge in [-0.15, -0.1) is 0 Å². The van der Waals surface area contributed by atoms with E-state index in [4.69, 9.17) is 5.73 Å². The Bertz CT molecular complexity index is 1120. The van der Waals surface area contributed by atoms with Gasteiger partial charge in [-0.2, -0.15) is 0 Å². The summed E-state index contributed by atoms with van der Waals surface area (Å²) in [6.07, 6.45) is 0.